The fourth-order valence-corrected chi connectivity index (χ4v) is 2.67. The SMILES string of the molecule is CCOc1ccccc1C(=O)OCC(=O)NCCC1=CCCCC1. The molecule has 1 aliphatic carbocycles. The summed E-state index contributed by atoms with van der Waals surface area (Å²) in [5.74, 6) is -0.368. The topological polar surface area (TPSA) is 64.6 Å². The maximum atomic E-state index is 12.1. The lowest BCUT2D eigenvalue weighted by Crippen LogP contribution is -2.30. The monoisotopic (exact) mass is 331 g/mol. The molecule has 5 nitrogen and oxygen atoms in total. The average Bonchev–Trinajstić information content (AvgIpc) is 2.61. The number of nitrogens with one attached hydrogen (secondary N) is 1. The maximum absolute atomic E-state index is 12.1. The Hall–Kier alpha value is -2.30. The maximum Gasteiger partial charge on any atom is 0.342 e. The summed E-state index contributed by atoms with van der Waals surface area (Å²) in [6.45, 7) is 2.61. The summed E-state index contributed by atoms with van der Waals surface area (Å²) in [5, 5.41) is 2.79. The number of ether oxygens (including phenoxy) is 2. The number of rotatable bonds is 8. The molecule has 1 amide bonds. The molecule has 0 fully saturated rings. The van der Waals surface area contributed by atoms with Crippen LogP contribution in [0.25, 0.3) is 0 Å². The Morgan fingerprint density at radius 1 is 1.21 bits per heavy atom. The third-order valence-corrected chi connectivity index (χ3v) is 3.89. The van der Waals surface area contributed by atoms with Crippen LogP contribution in [-0.2, 0) is 9.53 Å². The smallest absolute Gasteiger partial charge is 0.342 e. The summed E-state index contributed by atoms with van der Waals surface area (Å²) in [5.41, 5.74) is 1.74. The minimum Gasteiger partial charge on any atom is -0.493 e. The number of amides is 1. The lowest BCUT2D eigenvalue weighted by Gasteiger charge is -2.13. The summed E-state index contributed by atoms with van der Waals surface area (Å²) < 4.78 is 10.5. The largest absolute Gasteiger partial charge is 0.493 e. The number of carbonyl (C=O) groups excluding carboxylic acids is 2. The van der Waals surface area contributed by atoms with Crippen molar-refractivity contribution in [3.63, 3.8) is 0 Å². The van der Waals surface area contributed by atoms with E-state index in [4.69, 9.17) is 9.47 Å². The van der Waals surface area contributed by atoms with E-state index in [0.29, 0.717) is 24.5 Å². The van der Waals surface area contributed by atoms with E-state index < -0.39 is 5.97 Å². The first kappa shape index (κ1) is 18.0. The zero-order valence-corrected chi connectivity index (χ0v) is 14.2. The Morgan fingerprint density at radius 3 is 2.79 bits per heavy atom. The summed E-state index contributed by atoms with van der Waals surface area (Å²) in [6.07, 6.45) is 7.89. The Balaban J connectivity index is 1.73. The molecule has 2 rings (SSSR count). The predicted molar refractivity (Wildman–Crippen MR) is 92.1 cm³/mol. The van der Waals surface area contributed by atoms with Gasteiger partial charge >= 0.3 is 5.97 Å². The molecule has 0 aliphatic heterocycles. The molecule has 1 aromatic rings. The van der Waals surface area contributed by atoms with Crippen LogP contribution < -0.4 is 10.1 Å². The van der Waals surface area contributed by atoms with Crippen molar-refractivity contribution in [3.05, 3.63) is 41.5 Å². The van der Waals surface area contributed by atoms with Crippen molar-refractivity contribution in [1.82, 2.24) is 5.32 Å². The van der Waals surface area contributed by atoms with Crippen LogP contribution >= 0.6 is 0 Å². The van der Waals surface area contributed by atoms with E-state index in [1.165, 1.54) is 18.4 Å². The average molecular weight is 331 g/mol. The van der Waals surface area contributed by atoms with Crippen molar-refractivity contribution < 1.29 is 19.1 Å². The summed E-state index contributed by atoms with van der Waals surface area (Å²) in [4.78, 5) is 23.9. The van der Waals surface area contributed by atoms with Gasteiger partial charge in [0.1, 0.15) is 11.3 Å². The lowest BCUT2D eigenvalue weighted by atomic mass is 9.97. The number of allylic oxidation sites excluding steroid dienone is 1. The number of para-hydroxylation sites is 1. The third kappa shape index (κ3) is 5.72. The van der Waals surface area contributed by atoms with E-state index >= 15 is 0 Å². The van der Waals surface area contributed by atoms with Gasteiger partial charge in [-0.1, -0.05) is 23.8 Å². The molecule has 5 heteroatoms. The molecule has 0 spiro atoms. The molecule has 0 atom stereocenters. The Morgan fingerprint density at radius 2 is 2.04 bits per heavy atom. The number of esters is 1. The summed E-state index contributed by atoms with van der Waals surface area (Å²) >= 11 is 0. The quantitative estimate of drug-likeness (QED) is 0.587. The van der Waals surface area contributed by atoms with Gasteiger partial charge in [0.2, 0.25) is 0 Å². The fraction of sp³-hybridized carbons (Fsp3) is 0.474. The van der Waals surface area contributed by atoms with E-state index in [9.17, 15) is 9.59 Å². The van der Waals surface area contributed by atoms with Crippen LogP contribution in [0.5, 0.6) is 5.75 Å². The van der Waals surface area contributed by atoms with Gasteiger partial charge in [-0.15, -0.1) is 0 Å². The molecule has 24 heavy (non-hydrogen) atoms. The second kappa shape index (κ2) is 9.75. The van der Waals surface area contributed by atoms with Gasteiger partial charge in [-0.05, 0) is 51.2 Å². The van der Waals surface area contributed by atoms with Gasteiger partial charge in [-0.2, -0.15) is 0 Å². The molecular weight excluding hydrogens is 306 g/mol. The van der Waals surface area contributed by atoms with E-state index in [-0.39, 0.29) is 12.5 Å². The molecule has 0 saturated heterocycles. The molecule has 1 N–H and O–H groups in total. The number of hydrogen-bond acceptors (Lipinski definition) is 4. The zero-order valence-electron chi connectivity index (χ0n) is 14.2. The van der Waals surface area contributed by atoms with Crippen LogP contribution in [0.3, 0.4) is 0 Å². The molecule has 0 unspecified atom stereocenters. The molecule has 0 radical (unpaired) electrons. The molecule has 0 heterocycles. The highest BCUT2D eigenvalue weighted by Gasteiger charge is 2.15. The standard InChI is InChI=1S/C19H25NO4/c1-2-23-17-11-7-6-10-16(17)19(22)24-14-18(21)20-13-12-15-8-4-3-5-9-15/h6-8,10-11H,2-5,9,12-14H2,1H3,(H,20,21). The lowest BCUT2D eigenvalue weighted by molar-refractivity contribution is -0.124. The number of carbonyl (C=O) groups is 2. The van der Waals surface area contributed by atoms with Gasteiger partial charge in [0.15, 0.2) is 6.61 Å². The predicted octanol–water partition coefficient (Wildman–Crippen LogP) is 3.25. The van der Waals surface area contributed by atoms with Crippen molar-refractivity contribution in [2.45, 2.75) is 39.0 Å². The molecular formula is C19H25NO4. The van der Waals surface area contributed by atoms with Crippen molar-refractivity contribution in [2.24, 2.45) is 0 Å². The summed E-state index contributed by atoms with van der Waals surface area (Å²) in [6, 6.07) is 6.85. The van der Waals surface area contributed by atoms with E-state index in [1.54, 1.807) is 24.3 Å². The van der Waals surface area contributed by atoms with Crippen LogP contribution in [0.4, 0.5) is 0 Å². The number of benzene rings is 1. The Bertz CT molecular complexity index is 595. The van der Waals surface area contributed by atoms with Crippen molar-refractivity contribution in [3.8, 4) is 5.75 Å². The highest BCUT2D eigenvalue weighted by molar-refractivity contribution is 5.93. The minimum atomic E-state index is -0.552. The normalized spacial score (nSPS) is 13.8. The van der Waals surface area contributed by atoms with Crippen molar-refractivity contribution >= 4 is 11.9 Å². The van der Waals surface area contributed by atoms with Gasteiger partial charge in [0, 0.05) is 6.54 Å². The second-order valence-corrected chi connectivity index (χ2v) is 5.71. The van der Waals surface area contributed by atoms with E-state index in [1.807, 2.05) is 6.92 Å². The fourth-order valence-electron chi connectivity index (χ4n) is 2.67. The molecule has 0 bridgehead atoms. The highest BCUT2D eigenvalue weighted by atomic mass is 16.5. The van der Waals surface area contributed by atoms with Crippen molar-refractivity contribution in [1.29, 1.82) is 0 Å². The van der Waals surface area contributed by atoms with Crippen LogP contribution in [0.2, 0.25) is 0 Å². The molecule has 0 aromatic heterocycles. The van der Waals surface area contributed by atoms with Crippen molar-refractivity contribution in [2.75, 3.05) is 19.8 Å². The van der Waals surface area contributed by atoms with Gasteiger partial charge in [-0.25, -0.2) is 4.79 Å². The first-order chi connectivity index (χ1) is 11.7. The Kier molecular flexibility index (Phi) is 7.33. The van der Waals surface area contributed by atoms with Crippen LogP contribution in [0.1, 0.15) is 49.4 Å². The van der Waals surface area contributed by atoms with Crippen LogP contribution in [0, 0.1) is 0 Å². The summed E-state index contributed by atoms with van der Waals surface area (Å²) in [7, 11) is 0. The first-order valence-corrected chi connectivity index (χ1v) is 8.54. The highest BCUT2D eigenvalue weighted by Crippen LogP contribution is 2.20. The molecule has 1 aromatic carbocycles. The Labute approximate surface area is 143 Å². The second-order valence-electron chi connectivity index (χ2n) is 5.71. The van der Waals surface area contributed by atoms with E-state index in [0.717, 1.165) is 19.3 Å². The van der Waals surface area contributed by atoms with Crippen LogP contribution in [-0.4, -0.2) is 31.6 Å². The van der Waals surface area contributed by atoms with Gasteiger partial charge < -0.3 is 14.8 Å². The third-order valence-electron chi connectivity index (χ3n) is 3.89. The molecule has 130 valence electrons. The van der Waals surface area contributed by atoms with Crippen LogP contribution in [0.15, 0.2) is 35.9 Å². The molecule has 1 aliphatic rings. The first-order valence-electron chi connectivity index (χ1n) is 8.54. The number of hydrogen-bond donors (Lipinski definition) is 1. The van der Waals surface area contributed by atoms with Gasteiger partial charge in [0.05, 0.1) is 6.61 Å². The minimum absolute atomic E-state index is 0.279. The zero-order chi connectivity index (χ0) is 17.2. The van der Waals surface area contributed by atoms with Gasteiger partial charge in [0.25, 0.3) is 5.91 Å². The van der Waals surface area contributed by atoms with E-state index in [2.05, 4.69) is 11.4 Å². The molecule has 0 saturated carbocycles. The van der Waals surface area contributed by atoms with Gasteiger partial charge in [-0.3, -0.25) is 4.79 Å².